The molecule has 0 bridgehead atoms. The van der Waals surface area contributed by atoms with Crippen LogP contribution in [-0.4, -0.2) is 60.0 Å². The van der Waals surface area contributed by atoms with E-state index in [1.165, 1.54) is 0 Å². The van der Waals surface area contributed by atoms with Crippen LogP contribution in [0.1, 0.15) is 41.5 Å². The van der Waals surface area contributed by atoms with Gasteiger partial charge >= 0.3 is 48.9 Å². The minimum Gasteiger partial charge on any atom is -0.673 e. The van der Waals surface area contributed by atoms with Crippen molar-refractivity contribution in [2.75, 3.05) is 0 Å². The second-order valence-electron chi connectivity index (χ2n) is 4.50. The summed E-state index contributed by atoms with van der Waals surface area (Å²) in [6.07, 6.45) is 0. The third-order valence-corrected chi connectivity index (χ3v) is 0. The van der Waals surface area contributed by atoms with Crippen molar-refractivity contribution >= 4 is 48.9 Å². The first-order valence-electron chi connectivity index (χ1n) is 3.50. The van der Waals surface area contributed by atoms with E-state index in [0.717, 1.165) is 0 Å². The summed E-state index contributed by atoms with van der Waals surface area (Å²) in [5, 5.41) is 0. The van der Waals surface area contributed by atoms with Crippen LogP contribution in [0.2, 0.25) is 0 Å². The second-order valence-corrected chi connectivity index (χ2v) is 4.50. The van der Waals surface area contributed by atoms with Gasteiger partial charge in [0, 0.05) is 0 Å². The van der Waals surface area contributed by atoms with E-state index in [0.29, 0.717) is 0 Å². The van der Waals surface area contributed by atoms with Crippen LogP contribution < -0.4 is 0 Å². The predicted octanol–water partition coefficient (Wildman–Crippen LogP) is 3.29. The number of nitrogens with one attached hydrogen (secondary N) is 2. The van der Waals surface area contributed by atoms with E-state index in [-0.39, 0.29) is 60.0 Å². The second kappa shape index (κ2) is 6.95. The molecule has 0 aliphatic rings. The van der Waals surface area contributed by atoms with Gasteiger partial charge in [-0.3, -0.25) is 0 Å². The van der Waals surface area contributed by atoms with Crippen molar-refractivity contribution in [2.24, 2.45) is 0 Å². The molecular formula is C8H20BaN2. The van der Waals surface area contributed by atoms with Gasteiger partial charge < -0.3 is 11.5 Å². The summed E-state index contributed by atoms with van der Waals surface area (Å²) in [5.41, 5.74) is 13.4. The smallest absolute Gasteiger partial charge is 0.673 e. The predicted molar refractivity (Wildman–Crippen MR) is 53.9 cm³/mol. The topological polar surface area (TPSA) is 47.6 Å². The first-order valence-corrected chi connectivity index (χ1v) is 3.50. The van der Waals surface area contributed by atoms with Gasteiger partial charge in [-0.05, 0) is 0 Å². The molecule has 64 valence electrons. The number of hydrogen-bond donors (Lipinski definition) is 0. The van der Waals surface area contributed by atoms with E-state index in [2.05, 4.69) is 0 Å². The van der Waals surface area contributed by atoms with Crippen LogP contribution in [0.3, 0.4) is 0 Å². The van der Waals surface area contributed by atoms with Crippen LogP contribution in [-0.2, 0) is 0 Å². The minimum absolute atomic E-state index is 0. The molecule has 0 aliphatic heterocycles. The Kier molecular flexibility index (Phi) is 11.6. The summed E-state index contributed by atoms with van der Waals surface area (Å²) in [7, 11) is 0. The Morgan fingerprint density at radius 3 is 0.636 bits per heavy atom. The van der Waals surface area contributed by atoms with Crippen molar-refractivity contribution in [3.05, 3.63) is 11.5 Å². The van der Waals surface area contributed by atoms with Crippen LogP contribution in [0.5, 0.6) is 0 Å². The van der Waals surface area contributed by atoms with Crippen LogP contribution in [0.15, 0.2) is 0 Å². The molecule has 0 spiro atoms. The van der Waals surface area contributed by atoms with E-state index < -0.39 is 0 Å². The van der Waals surface area contributed by atoms with Crippen molar-refractivity contribution in [1.82, 2.24) is 0 Å². The molecule has 0 radical (unpaired) electrons. The third kappa shape index (κ3) is 465. The van der Waals surface area contributed by atoms with Crippen molar-refractivity contribution in [1.29, 1.82) is 0 Å². The standard InChI is InChI=1S/2C4H10N.Ba/c2*1-4(2,3)5;/h2*5H,1-3H3;/q2*-1;+2. The molecule has 0 aliphatic carbocycles. The van der Waals surface area contributed by atoms with Crippen molar-refractivity contribution in [2.45, 2.75) is 52.6 Å². The molecule has 0 atom stereocenters. The van der Waals surface area contributed by atoms with E-state index in [9.17, 15) is 0 Å². The van der Waals surface area contributed by atoms with Crippen molar-refractivity contribution < 1.29 is 0 Å². The summed E-state index contributed by atoms with van der Waals surface area (Å²) in [5.74, 6) is 0. The molecule has 0 unspecified atom stereocenters. The maximum Gasteiger partial charge on any atom is 2.00 e. The van der Waals surface area contributed by atoms with Gasteiger partial charge in [-0.2, -0.15) is 0 Å². The number of hydrogen-bond acceptors (Lipinski definition) is 0. The zero-order valence-electron chi connectivity index (χ0n) is 8.71. The average molecular weight is 282 g/mol. The molecule has 0 aromatic heterocycles. The fourth-order valence-corrected chi connectivity index (χ4v) is 0. The average Bonchev–Trinajstić information content (AvgIpc) is 1.12. The van der Waals surface area contributed by atoms with Gasteiger partial charge in [0.15, 0.2) is 0 Å². The Labute approximate surface area is 112 Å². The molecular weight excluding hydrogens is 261 g/mol. The summed E-state index contributed by atoms with van der Waals surface area (Å²) < 4.78 is 0. The van der Waals surface area contributed by atoms with E-state index in [1.807, 2.05) is 41.5 Å². The van der Waals surface area contributed by atoms with Crippen molar-refractivity contribution in [3.8, 4) is 0 Å². The molecule has 0 aromatic carbocycles. The van der Waals surface area contributed by atoms with Gasteiger partial charge in [-0.1, -0.05) is 41.5 Å². The molecule has 0 aromatic rings. The van der Waals surface area contributed by atoms with Gasteiger partial charge in [0.1, 0.15) is 0 Å². The Morgan fingerprint density at radius 2 is 0.636 bits per heavy atom. The van der Waals surface area contributed by atoms with Gasteiger partial charge in [0.25, 0.3) is 0 Å². The monoisotopic (exact) mass is 282 g/mol. The van der Waals surface area contributed by atoms with Crippen LogP contribution in [0.25, 0.3) is 11.5 Å². The van der Waals surface area contributed by atoms with Crippen LogP contribution in [0, 0.1) is 0 Å². The molecule has 11 heavy (non-hydrogen) atoms. The molecule has 0 heterocycles. The van der Waals surface area contributed by atoms with E-state index in [4.69, 9.17) is 11.5 Å². The largest absolute Gasteiger partial charge is 2.00 e. The summed E-state index contributed by atoms with van der Waals surface area (Å²) in [6.45, 7) is 11.1. The summed E-state index contributed by atoms with van der Waals surface area (Å²) in [6, 6.07) is 0. The Bertz CT molecular complexity index is 55.1. The molecule has 0 saturated carbocycles. The van der Waals surface area contributed by atoms with Crippen LogP contribution >= 0.6 is 0 Å². The zero-order valence-corrected chi connectivity index (χ0v) is 13.1. The van der Waals surface area contributed by atoms with Gasteiger partial charge in [0.2, 0.25) is 0 Å². The first-order chi connectivity index (χ1) is 4.00. The van der Waals surface area contributed by atoms with Crippen molar-refractivity contribution in [3.63, 3.8) is 0 Å². The molecule has 0 amide bonds. The van der Waals surface area contributed by atoms with E-state index >= 15 is 0 Å². The Balaban J connectivity index is -0.000000107. The van der Waals surface area contributed by atoms with E-state index in [1.54, 1.807) is 0 Å². The van der Waals surface area contributed by atoms with Crippen LogP contribution in [0.4, 0.5) is 0 Å². The molecule has 0 fully saturated rings. The molecule has 3 heteroatoms. The third-order valence-electron chi connectivity index (χ3n) is 0. The maximum atomic E-state index is 6.94. The van der Waals surface area contributed by atoms with Gasteiger partial charge in [-0.25, -0.2) is 0 Å². The number of rotatable bonds is 0. The Morgan fingerprint density at radius 1 is 0.636 bits per heavy atom. The SMILES string of the molecule is CC(C)(C)[NH-].CC(C)(C)[NH-].[Ba+2]. The van der Waals surface area contributed by atoms with Gasteiger partial charge in [-0.15, -0.1) is 11.1 Å². The maximum absolute atomic E-state index is 6.94. The molecule has 0 rings (SSSR count). The molecule has 2 N–H and O–H groups in total. The summed E-state index contributed by atoms with van der Waals surface area (Å²) >= 11 is 0. The zero-order chi connectivity index (χ0) is 9.00. The fraction of sp³-hybridized carbons (Fsp3) is 1.00. The van der Waals surface area contributed by atoms with Gasteiger partial charge in [0.05, 0.1) is 0 Å². The normalized spacial score (nSPS) is 10.9. The first kappa shape index (κ1) is 18.3. The minimum atomic E-state index is -0.250. The quantitative estimate of drug-likeness (QED) is 0.612. The molecule has 2 nitrogen and oxygen atoms in total. The molecule has 0 saturated heterocycles. The Hall–Kier alpha value is 1.49. The summed E-state index contributed by atoms with van der Waals surface area (Å²) in [4.78, 5) is 0. The fourth-order valence-electron chi connectivity index (χ4n) is 0.